The molecule has 0 aliphatic heterocycles. The first-order chi connectivity index (χ1) is 5.82. The Morgan fingerprint density at radius 1 is 1.00 bits per heavy atom. The van der Waals surface area contributed by atoms with Crippen LogP contribution in [0, 0.1) is 14.1 Å². The molecule has 0 saturated carbocycles. The van der Waals surface area contributed by atoms with Gasteiger partial charge in [-0.3, -0.25) is 0 Å². The van der Waals surface area contributed by atoms with Crippen molar-refractivity contribution in [1.29, 1.82) is 0 Å². The summed E-state index contributed by atoms with van der Waals surface area (Å²) in [5, 5.41) is 0. The summed E-state index contributed by atoms with van der Waals surface area (Å²) < 4.78 is 2.71. The van der Waals surface area contributed by atoms with Crippen LogP contribution < -0.4 is 0 Å². The molecule has 0 unspecified atom stereocenters. The molecular weight excluding hydrogens is 386 g/mol. The molecule has 2 heteroatoms. The van der Waals surface area contributed by atoms with Gasteiger partial charge in [-0.05, 0) is 80.8 Å². The van der Waals surface area contributed by atoms with Gasteiger partial charge >= 0.3 is 0 Å². The smallest absolute Gasteiger partial charge is 0.0267 e. The van der Waals surface area contributed by atoms with Gasteiger partial charge in [-0.15, -0.1) is 0 Å². The van der Waals surface area contributed by atoms with Gasteiger partial charge in [0.2, 0.25) is 0 Å². The van der Waals surface area contributed by atoms with Gasteiger partial charge < -0.3 is 0 Å². The highest BCUT2D eigenvalue weighted by atomic mass is 127. The fourth-order valence-corrected chi connectivity index (χ4v) is 2.54. The lowest BCUT2D eigenvalue weighted by molar-refractivity contribution is 0.585. The molecule has 0 aliphatic rings. The Kier molecular flexibility index (Phi) is 3.66. The van der Waals surface area contributed by atoms with E-state index in [1.807, 2.05) is 0 Å². The summed E-state index contributed by atoms with van der Waals surface area (Å²) in [5.74, 6) is 0. The van der Waals surface area contributed by atoms with Crippen LogP contribution in [0.25, 0.3) is 0 Å². The topological polar surface area (TPSA) is 0 Å². The van der Waals surface area contributed by atoms with E-state index >= 15 is 0 Å². The Morgan fingerprint density at radius 2 is 1.46 bits per heavy atom. The van der Waals surface area contributed by atoms with E-state index in [1.54, 1.807) is 0 Å². The van der Waals surface area contributed by atoms with Gasteiger partial charge in [-0.25, -0.2) is 0 Å². The molecule has 1 rings (SSSR count). The van der Waals surface area contributed by atoms with Crippen LogP contribution in [0.5, 0.6) is 0 Å². The van der Waals surface area contributed by atoms with E-state index < -0.39 is 0 Å². The maximum Gasteiger partial charge on any atom is 0.0267 e. The standard InChI is InChI=1S/C11H14I2/c1-7-5-9(12)10(13)6-8(7)11(2,3)4/h5-6H,1-4H3. The molecule has 72 valence electrons. The Hall–Kier alpha value is 0.680. The van der Waals surface area contributed by atoms with E-state index in [-0.39, 0.29) is 5.41 Å². The lowest BCUT2D eigenvalue weighted by atomic mass is 9.84. The molecular formula is C11H14I2. The highest BCUT2D eigenvalue weighted by molar-refractivity contribution is 14.1. The number of hydrogen-bond acceptors (Lipinski definition) is 0. The molecule has 0 bridgehead atoms. The van der Waals surface area contributed by atoms with E-state index in [2.05, 4.69) is 85.0 Å². The summed E-state index contributed by atoms with van der Waals surface area (Å²) in [7, 11) is 0. The van der Waals surface area contributed by atoms with Crippen molar-refractivity contribution in [2.75, 3.05) is 0 Å². The van der Waals surface area contributed by atoms with Crippen molar-refractivity contribution < 1.29 is 0 Å². The normalized spacial score (nSPS) is 11.8. The minimum atomic E-state index is 0.258. The minimum absolute atomic E-state index is 0.258. The summed E-state index contributed by atoms with van der Waals surface area (Å²) in [6.07, 6.45) is 0. The van der Waals surface area contributed by atoms with Crippen molar-refractivity contribution in [3.8, 4) is 0 Å². The van der Waals surface area contributed by atoms with Gasteiger partial charge in [0.1, 0.15) is 0 Å². The molecule has 13 heavy (non-hydrogen) atoms. The molecule has 0 heterocycles. The van der Waals surface area contributed by atoms with Crippen LogP contribution in [0.15, 0.2) is 12.1 Å². The third-order valence-electron chi connectivity index (χ3n) is 2.08. The van der Waals surface area contributed by atoms with Crippen LogP contribution in [0.3, 0.4) is 0 Å². The molecule has 0 atom stereocenters. The zero-order valence-electron chi connectivity index (χ0n) is 8.41. The maximum absolute atomic E-state index is 2.40. The SMILES string of the molecule is Cc1cc(I)c(I)cc1C(C)(C)C. The van der Waals surface area contributed by atoms with E-state index in [0.717, 1.165) is 0 Å². The monoisotopic (exact) mass is 400 g/mol. The second kappa shape index (κ2) is 4.04. The fourth-order valence-electron chi connectivity index (χ4n) is 1.45. The number of halogens is 2. The molecule has 0 N–H and O–H groups in total. The van der Waals surface area contributed by atoms with Gasteiger partial charge in [0.15, 0.2) is 0 Å². The van der Waals surface area contributed by atoms with Crippen molar-refractivity contribution in [2.24, 2.45) is 0 Å². The summed E-state index contributed by atoms with van der Waals surface area (Å²) >= 11 is 4.79. The molecule has 0 aromatic heterocycles. The van der Waals surface area contributed by atoms with E-state index in [4.69, 9.17) is 0 Å². The highest BCUT2D eigenvalue weighted by Crippen LogP contribution is 2.29. The van der Waals surface area contributed by atoms with E-state index in [0.29, 0.717) is 0 Å². The molecule has 0 amide bonds. The number of hydrogen-bond donors (Lipinski definition) is 0. The zero-order valence-corrected chi connectivity index (χ0v) is 12.7. The average Bonchev–Trinajstić information content (AvgIpc) is 1.94. The first kappa shape index (κ1) is 11.8. The number of rotatable bonds is 0. The van der Waals surface area contributed by atoms with Crippen LogP contribution in [-0.4, -0.2) is 0 Å². The Balaban J connectivity index is 3.32. The second-order valence-electron chi connectivity index (χ2n) is 4.33. The lowest BCUT2D eigenvalue weighted by Crippen LogP contribution is -2.13. The largest absolute Gasteiger partial charge is 0.0561 e. The Labute approximate surface area is 108 Å². The van der Waals surface area contributed by atoms with Crippen LogP contribution in [0.4, 0.5) is 0 Å². The molecule has 0 fully saturated rings. The fraction of sp³-hybridized carbons (Fsp3) is 0.455. The predicted octanol–water partition coefficient (Wildman–Crippen LogP) is 4.50. The summed E-state index contributed by atoms with van der Waals surface area (Å²) in [5.41, 5.74) is 3.11. The van der Waals surface area contributed by atoms with Gasteiger partial charge in [0.25, 0.3) is 0 Å². The van der Waals surface area contributed by atoms with Crippen molar-refractivity contribution in [1.82, 2.24) is 0 Å². The molecule has 0 spiro atoms. The van der Waals surface area contributed by atoms with Crippen LogP contribution in [0.1, 0.15) is 31.9 Å². The van der Waals surface area contributed by atoms with Gasteiger partial charge in [0, 0.05) is 7.14 Å². The third kappa shape index (κ3) is 2.81. The molecule has 1 aromatic rings. The van der Waals surface area contributed by atoms with Crippen molar-refractivity contribution in [2.45, 2.75) is 33.1 Å². The average molecular weight is 400 g/mol. The van der Waals surface area contributed by atoms with Crippen LogP contribution in [-0.2, 0) is 5.41 Å². The first-order valence-corrected chi connectivity index (χ1v) is 6.44. The maximum atomic E-state index is 2.40. The van der Waals surface area contributed by atoms with Gasteiger partial charge in [-0.1, -0.05) is 20.8 Å². The quantitative estimate of drug-likeness (QED) is 0.563. The predicted molar refractivity (Wildman–Crippen MR) is 75.3 cm³/mol. The molecule has 0 nitrogen and oxygen atoms in total. The molecule has 0 radical (unpaired) electrons. The van der Waals surface area contributed by atoms with Crippen molar-refractivity contribution in [3.63, 3.8) is 0 Å². The first-order valence-electron chi connectivity index (χ1n) is 4.28. The van der Waals surface area contributed by atoms with Crippen molar-refractivity contribution in [3.05, 3.63) is 30.4 Å². The number of aryl methyl sites for hydroxylation is 1. The third-order valence-corrected chi connectivity index (χ3v) is 4.89. The molecule has 0 saturated heterocycles. The minimum Gasteiger partial charge on any atom is -0.0561 e. The van der Waals surface area contributed by atoms with Gasteiger partial charge in [-0.2, -0.15) is 0 Å². The van der Waals surface area contributed by atoms with Crippen molar-refractivity contribution >= 4 is 45.2 Å². The molecule has 1 aromatic carbocycles. The number of benzene rings is 1. The van der Waals surface area contributed by atoms with Gasteiger partial charge in [0.05, 0.1) is 0 Å². The van der Waals surface area contributed by atoms with E-state index in [1.165, 1.54) is 18.3 Å². The summed E-state index contributed by atoms with van der Waals surface area (Å²) in [6.45, 7) is 8.98. The van der Waals surface area contributed by atoms with Crippen LogP contribution >= 0.6 is 45.2 Å². The summed E-state index contributed by atoms with van der Waals surface area (Å²) in [4.78, 5) is 0. The summed E-state index contributed by atoms with van der Waals surface area (Å²) in [6, 6.07) is 4.57. The Bertz CT molecular complexity index is 322. The Morgan fingerprint density at radius 3 is 1.92 bits per heavy atom. The lowest BCUT2D eigenvalue weighted by Gasteiger charge is -2.22. The molecule has 0 aliphatic carbocycles. The van der Waals surface area contributed by atoms with E-state index in [9.17, 15) is 0 Å². The van der Waals surface area contributed by atoms with Crippen LogP contribution in [0.2, 0.25) is 0 Å². The second-order valence-corrected chi connectivity index (χ2v) is 6.66. The highest BCUT2D eigenvalue weighted by Gasteiger charge is 2.17. The zero-order chi connectivity index (χ0) is 10.2.